The second-order valence-electron chi connectivity index (χ2n) is 3.60. The maximum atomic E-state index is 9.78. The zero-order valence-electron chi connectivity index (χ0n) is 9.33. The quantitative estimate of drug-likeness (QED) is 0.771. The van der Waals surface area contributed by atoms with Gasteiger partial charge in [-0.1, -0.05) is 0 Å². The van der Waals surface area contributed by atoms with Gasteiger partial charge in [0.2, 0.25) is 0 Å². The van der Waals surface area contributed by atoms with Crippen LogP contribution in [0.15, 0.2) is 16.6 Å². The molecule has 0 radical (unpaired) electrons. The second-order valence-corrected chi connectivity index (χ2v) is 4.45. The molecule has 0 aliphatic carbocycles. The molecular weight excluding hydrogens is 274 g/mol. The standard InChI is InChI=1S/C11H16BrNO3/c1-7(14)5-13-6-8-3-9(16-2)4-10(12)11(8)15/h3-4,7,13-15H,5-6H2,1-2H3/t7-/m1/s1. The van der Waals surface area contributed by atoms with Crippen LogP contribution in [0.2, 0.25) is 0 Å². The number of hydrogen-bond donors (Lipinski definition) is 3. The van der Waals surface area contributed by atoms with Crippen LogP contribution >= 0.6 is 15.9 Å². The van der Waals surface area contributed by atoms with Crippen LogP contribution in [0.4, 0.5) is 0 Å². The molecule has 0 saturated carbocycles. The van der Waals surface area contributed by atoms with Crippen LogP contribution in [0.1, 0.15) is 12.5 Å². The Hall–Kier alpha value is -0.780. The molecule has 4 nitrogen and oxygen atoms in total. The molecule has 0 heterocycles. The molecule has 1 atom stereocenters. The van der Waals surface area contributed by atoms with Crippen molar-refractivity contribution in [2.75, 3.05) is 13.7 Å². The fraction of sp³-hybridized carbons (Fsp3) is 0.455. The molecule has 0 unspecified atom stereocenters. The number of methoxy groups -OCH3 is 1. The predicted octanol–water partition coefficient (Wildman–Crippen LogP) is 1.63. The Morgan fingerprint density at radius 3 is 2.75 bits per heavy atom. The minimum atomic E-state index is -0.406. The van der Waals surface area contributed by atoms with Crippen molar-refractivity contribution in [3.63, 3.8) is 0 Å². The minimum Gasteiger partial charge on any atom is -0.506 e. The van der Waals surface area contributed by atoms with Gasteiger partial charge in [0.15, 0.2) is 0 Å². The van der Waals surface area contributed by atoms with Gasteiger partial charge < -0.3 is 20.3 Å². The molecule has 0 bridgehead atoms. The van der Waals surface area contributed by atoms with Crippen LogP contribution in [0.5, 0.6) is 11.5 Å². The van der Waals surface area contributed by atoms with Gasteiger partial charge in [-0.05, 0) is 35.0 Å². The lowest BCUT2D eigenvalue weighted by Gasteiger charge is -2.11. The first-order valence-corrected chi connectivity index (χ1v) is 5.78. The summed E-state index contributed by atoms with van der Waals surface area (Å²) >= 11 is 3.25. The monoisotopic (exact) mass is 289 g/mol. The summed E-state index contributed by atoms with van der Waals surface area (Å²) < 4.78 is 5.70. The van der Waals surface area contributed by atoms with Crippen molar-refractivity contribution in [1.82, 2.24) is 5.32 Å². The number of hydrogen-bond acceptors (Lipinski definition) is 4. The normalized spacial score (nSPS) is 12.5. The van der Waals surface area contributed by atoms with E-state index in [4.69, 9.17) is 9.84 Å². The first-order valence-electron chi connectivity index (χ1n) is 4.98. The third-order valence-corrected chi connectivity index (χ3v) is 2.71. The lowest BCUT2D eigenvalue weighted by atomic mass is 10.2. The van der Waals surface area contributed by atoms with Crippen molar-refractivity contribution >= 4 is 15.9 Å². The van der Waals surface area contributed by atoms with Gasteiger partial charge in [-0.2, -0.15) is 0 Å². The summed E-state index contributed by atoms with van der Waals surface area (Å²) in [7, 11) is 1.58. The molecule has 0 aliphatic rings. The molecule has 0 saturated heterocycles. The van der Waals surface area contributed by atoms with Crippen molar-refractivity contribution in [2.45, 2.75) is 19.6 Å². The molecule has 0 spiro atoms. The van der Waals surface area contributed by atoms with E-state index in [0.717, 1.165) is 5.56 Å². The fourth-order valence-electron chi connectivity index (χ4n) is 1.30. The lowest BCUT2D eigenvalue weighted by molar-refractivity contribution is 0.191. The molecule has 0 fully saturated rings. The molecule has 5 heteroatoms. The predicted molar refractivity (Wildman–Crippen MR) is 65.7 cm³/mol. The number of phenols is 1. The van der Waals surface area contributed by atoms with Gasteiger partial charge in [-0.3, -0.25) is 0 Å². The highest BCUT2D eigenvalue weighted by Gasteiger charge is 2.08. The minimum absolute atomic E-state index is 0.193. The van der Waals surface area contributed by atoms with Crippen molar-refractivity contribution < 1.29 is 14.9 Å². The number of aliphatic hydroxyl groups is 1. The maximum absolute atomic E-state index is 9.78. The van der Waals surface area contributed by atoms with Crippen LogP contribution in [0.25, 0.3) is 0 Å². The van der Waals surface area contributed by atoms with E-state index in [-0.39, 0.29) is 5.75 Å². The van der Waals surface area contributed by atoms with Gasteiger partial charge in [-0.25, -0.2) is 0 Å². The summed E-state index contributed by atoms with van der Waals surface area (Å²) in [5, 5.41) is 21.9. The molecule has 0 aromatic heterocycles. The first-order chi connectivity index (χ1) is 7.54. The topological polar surface area (TPSA) is 61.7 Å². The van der Waals surface area contributed by atoms with E-state index < -0.39 is 6.10 Å². The summed E-state index contributed by atoms with van der Waals surface area (Å²) in [5.41, 5.74) is 0.729. The van der Waals surface area contributed by atoms with E-state index >= 15 is 0 Å². The van der Waals surface area contributed by atoms with Crippen LogP contribution < -0.4 is 10.1 Å². The SMILES string of the molecule is COc1cc(Br)c(O)c(CNC[C@@H](C)O)c1. The van der Waals surface area contributed by atoms with Crippen molar-refractivity contribution in [3.8, 4) is 11.5 Å². The van der Waals surface area contributed by atoms with E-state index in [1.165, 1.54) is 0 Å². The number of phenolic OH excluding ortho intramolecular Hbond substituents is 1. The summed E-state index contributed by atoms with van der Waals surface area (Å²) in [5.74, 6) is 0.873. The summed E-state index contributed by atoms with van der Waals surface area (Å²) in [6.45, 7) is 2.66. The van der Waals surface area contributed by atoms with E-state index in [1.54, 1.807) is 26.2 Å². The highest BCUT2D eigenvalue weighted by Crippen LogP contribution is 2.32. The first kappa shape index (κ1) is 13.3. The third kappa shape index (κ3) is 3.66. The molecule has 1 aromatic carbocycles. The Balaban J connectivity index is 2.74. The number of halogens is 1. The smallest absolute Gasteiger partial charge is 0.134 e. The third-order valence-electron chi connectivity index (χ3n) is 2.11. The molecule has 16 heavy (non-hydrogen) atoms. The molecule has 0 aliphatic heterocycles. The molecular formula is C11H16BrNO3. The molecule has 1 aromatic rings. The van der Waals surface area contributed by atoms with Gasteiger partial charge in [0.25, 0.3) is 0 Å². The fourth-order valence-corrected chi connectivity index (χ4v) is 1.78. The molecule has 90 valence electrons. The van der Waals surface area contributed by atoms with Gasteiger partial charge in [-0.15, -0.1) is 0 Å². The van der Waals surface area contributed by atoms with Gasteiger partial charge in [0, 0.05) is 18.7 Å². The van der Waals surface area contributed by atoms with E-state index in [9.17, 15) is 5.11 Å². The Bertz CT molecular complexity index is 355. The number of nitrogens with one attached hydrogen (secondary N) is 1. The average Bonchev–Trinajstić information content (AvgIpc) is 2.23. The van der Waals surface area contributed by atoms with Crippen molar-refractivity contribution in [1.29, 1.82) is 0 Å². The highest BCUT2D eigenvalue weighted by molar-refractivity contribution is 9.10. The zero-order valence-corrected chi connectivity index (χ0v) is 10.9. The maximum Gasteiger partial charge on any atom is 0.134 e. The van der Waals surface area contributed by atoms with Crippen LogP contribution in [0, 0.1) is 0 Å². The van der Waals surface area contributed by atoms with Crippen LogP contribution in [-0.2, 0) is 6.54 Å². The molecule has 0 amide bonds. The molecule has 1 rings (SSSR count). The summed E-state index contributed by atoms with van der Waals surface area (Å²) in [4.78, 5) is 0. The van der Waals surface area contributed by atoms with Crippen molar-refractivity contribution in [3.05, 3.63) is 22.2 Å². The molecule has 3 N–H and O–H groups in total. The average molecular weight is 290 g/mol. The van der Waals surface area contributed by atoms with Gasteiger partial charge >= 0.3 is 0 Å². The van der Waals surface area contributed by atoms with Crippen LogP contribution in [-0.4, -0.2) is 30.0 Å². The van der Waals surface area contributed by atoms with E-state index in [0.29, 0.717) is 23.3 Å². The highest BCUT2D eigenvalue weighted by atomic mass is 79.9. The van der Waals surface area contributed by atoms with E-state index in [2.05, 4.69) is 21.2 Å². The lowest BCUT2D eigenvalue weighted by Crippen LogP contribution is -2.23. The zero-order chi connectivity index (χ0) is 12.1. The number of rotatable bonds is 5. The Labute approximate surface area is 103 Å². The summed E-state index contributed by atoms with van der Waals surface area (Å²) in [6, 6.07) is 3.46. The number of benzene rings is 1. The Morgan fingerprint density at radius 2 is 2.19 bits per heavy atom. The Kier molecular flexibility index (Phi) is 5.05. The summed E-state index contributed by atoms with van der Waals surface area (Å²) in [6.07, 6.45) is -0.406. The van der Waals surface area contributed by atoms with Crippen molar-refractivity contribution in [2.24, 2.45) is 0 Å². The van der Waals surface area contributed by atoms with Crippen LogP contribution in [0.3, 0.4) is 0 Å². The van der Waals surface area contributed by atoms with Gasteiger partial charge in [0.05, 0.1) is 17.7 Å². The number of aromatic hydroxyl groups is 1. The van der Waals surface area contributed by atoms with Gasteiger partial charge in [0.1, 0.15) is 11.5 Å². The largest absolute Gasteiger partial charge is 0.506 e. The number of aliphatic hydroxyl groups excluding tert-OH is 1. The van der Waals surface area contributed by atoms with E-state index in [1.807, 2.05) is 0 Å². The number of ether oxygens (including phenoxy) is 1. The second kappa shape index (κ2) is 6.08. The Morgan fingerprint density at radius 1 is 1.50 bits per heavy atom.